The van der Waals surface area contributed by atoms with Gasteiger partial charge in [-0.2, -0.15) is 13.2 Å². The zero-order valence-corrected chi connectivity index (χ0v) is 12.0. The topological polar surface area (TPSA) is 34.9 Å². The van der Waals surface area contributed by atoms with Gasteiger partial charge in [0.15, 0.2) is 0 Å². The molecule has 3 nitrogen and oxygen atoms in total. The summed E-state index contributed by atoms with van der Waals surface area (Å²) in [5, 5.41) is 0. The predicted molar refractivity (Wildman–Crippen MR) is 77.5 cm³/mol. The Kier molecular flexibility index (Phi) is 3.29. The molecule has 2 aromatic heterocycles. The number of benzene rings is 1. The summed E-state index contributed by atoms with van der Waals surface area (Å²) < 4.78 is 39.6. The first-order chi connectivity index (χ1) is 9.86. The van der Waals surface area contributed by atoms with Crippen LogP contribution in [0.1, 0.15) is 5.56 Å². The number of thiazole rings is 1. The van der Waals surface area contributed by atoms with Gasteiger partial charge in [0.1, 0.15) is 5.82 Å². The lowest BCUT2D eigenvalue weighted by Gasteiger charge is -2.07. The quantitative estimate of drug-likeness (QED) is 0.691. The van der Waals surface area contributed by atoms with Crippen LogP contribution in [0.2, 0.25) is 0 Å². The maximum atomic E-state index is 12.5. The summed E-state index contributed by atoms with van der Waals surface area (Å²) in [7, 11) is 0. The second kappa shape index (κ2) is 4.88. The molecule has 0 bridgehead atoms. The summed E-state index contributed by atoms with van der Waals surface area (Å²) in [5.41, 5.74) is -0.258. The van der Waals surface area contributed by atoms with E-state index < -0.39 is 11.7 Å². The minimum absolute atomic E-state index is 0.158. The molecule has 2 heterocycles. The van der Waals surface area contributed by atoms with Gasteiger partial charge in [-0.05, 0) is 30.3 Å². The summed E-state index contributed by atoms with van der Waals surface area (Å²) in [5.74, 6) is 0.158. The van der Waals surface area contributed by atoms with Crippen LogP contribution in [-0.4, -0.2) is 9.55 Å². The molecule has 108 valence electrons. The normalized spacial score (nSPS) is 12.0. The van der Waals surface area contributed by atoms with E-state index in [2.05, 4.69) is 17.6 Å². The van der Waals surface area contributed by atoms with Crippen molar-refractivity contribution in [1.82, 2.24) is 9.55 Å². The fourth-order valence-electron chi connectivity index (χ4n) is 1.91. The van der Waals surface area contributed by atoms with Crippen LogP contribution in [0.25, 0.3) is 16.0 Å². The maximum absolute atomic E-state index is 12.5. The van der Waals surface area contributed by atoms with Crippen molar-refractivity contribution in [2.24, 2.45) is 0 Å². The van der Waals surface area contributed by atoms with E-state index in [0.29, 0.717) is 15.1 Å². The first kappa shape index (κ1) is 14.2. The van der Waals surface area contributed by atoms with Gasteiger partial charge in [0.25, 0.3) is 0 Å². The molecule has 0 atom stereocenters. The molecular weight excluding hydrogens is 321 g/mol. The standard InChI is InChI=1S/C13H7F3N2OS2/c14-13(15,16)7-1-4-11(17-6-7)18-9-3-2-8(20)5-10(9)21-12(18)19/h1-6,20H. The van der Waals surface area contributed by atoms with Crippen molar-refractivity contribution in [2.75, 3.05) is 0 Å². The highest BCUT2D eigenvalue weighted by Crippen LogP contribution is 2.29. The van der Waals surface area contributed by atoms with Gasteiger partial charge in [-0.25, -0.2) is 4.98 Å². The summed E-state index contributed by atoms with van der Waals surface area (Å²) in [6.45, 7) is 0. The van der Waals surface area contributed by atoms with Crippen molar-refractivity contribution in [3.8, 4) is 5.82 Å². The van der Waals surface area contributed by atoms with E-state index in [1.54, 1.807) is 18.2 Å². The molecule has 3 aromatic rings. The molecule has 3 rings (SSSR count). The van der Waals surface area contributed by atoms with Crippen molar-refractivity contribution in [3.63, 3.8) is 0 Å². The molecule has 0 aliphatic carbocycles. The molecule has 1 aromatic carbocycles. The van der Waals surface area contributed by atoms with E-state index in [9.17, 15) is 18.0 Å². The van der Waals surface area contributed by atoms with Crippen molar-refractivity contribution in [1.29, 1.82) is 0 Å². The third-order valence-corrected chi connectivity index (χ3v) is 4.05. The van der Waals surface area contributed by atoms with Crippen LogP contribution in [-0.2, 0) is 6.18 Å². The lowest BCUT2D eigenvalue weighted by Crippen LogP contribution is -2.13. The van der Waals surface area contributed by atoms with E-state index in [4.69, 9.17) is 0 Å². The number of thiol groups is 1. The number of halogens is 3. The van der Waals surface area contributed by atoms with Gasteiger partial charge in [-0.15, -0.1) is 12.6 Å². The molecule has 0 amide bonds. The Bertz CT molecular complexity index is 866. The monoisotopic (exact) mass is 328 g/mol. The van der Waals surface area contributed by atoms with E-state index in [0.717, 1.165) is 23.6 Å². The zero-order valence-electron chi connectivity index (χ0n) is 10.3. The molecule has 0 saturated heterocycles. The molecule has 0 N–H and O–H groups in total. The molecule has 0 unspecified atom stereocenters. The predicted octanol–water partition coefficient (Wildman–Crippen LogP) is 3.75. The van der Waals surface area contributed by atoms with E-state index in [-0.39, 0.29) is 10.7 Å². The van der Waals surface area contributed by atoms with Gasteiger partial charge < -0.3 is 0 Å². The van der Waals surface area contributed by atoms with Crippen molar-refractivity contribution >= 4 is 34.2 Å². The molecule has 8 heteroatoms. The molecule has 0 aliphatic rings. The lowest BCUT2D eigenvalue weighted by atomic mass is 10.2. The Balaban J connectivity index is 2.17. The largest absolute Gasteiger partial charge is 0.417 e. The third kappa shape index (κ3) is 2.56. The first-order valence-corrected chi connectivity index (χ1v) is 7.01. The summed E-state index contributed by atoms with van der Waals surface area (Å²) >= 11 is 5.18. The van der Waals surface area contributed by atoms with Crippen LogP contribution in [0.15, 0.2) is 46.2 Å². The Morgan fingerprint density at radius 2 is 1.95 bits per heavy atom. The van der Waals surface area contributed by atoms with Crippen molar-refractivity contribution in [2.45, 2.75) is 11.1 Å². The minimum atomic E-state index is -4.45. The fraction of sp³-hybridized carbons (Fsp3) is 0.0769. The van der Waals surface area contributed by atoms with Crippen LogP contribution in [0.3, 0.4) is 0 Å². The highest BCUT2D eigenvalue weighted by Gasteiger charge is 2.30. The molecule has 0 spiro atoms. The number of rotatable bonds is 1. The molecular formula is C13H7F3N2OS2. The van der Waals surface area contributed by atoms with E-state index >= 15 is 0 Å². The van der Waals surface area contributed by atoms with Gasteiger partial charge >= 0.3 is 11.0 Å². The van der Waals surface area contributed by atoms with Crippen LogP contribution < -0.4 is 4.87 Å². The van der Waals surface area contributed by atoms with Crippen LogP contribution in [0.4, 0.5) is 13.2 Å². The van der Waals surface area contributed by atoms with Crippen molar-refractivity contribution < 1.29 is 13.2 Å². The van der Waals surface area contributed by atoms with Gasteiger partial charge in [0.2, 0.25) is 0 Å². The number of hydrogen-bond acceptors (Lipinski definition) is 4. The van der Waals surface area contributed by atoms with Crippen LogP contribution in [0.5, 0.6) is 0 Å². The van der Waals surface area contributed by atoms with Gasteiger partial charge in [-0.1, -0.05) is 11.3 Å². The zero-order chi connectivity index (χ0) is 15.2. The molecule has 0 fully saturated rings. The van der Waals surface area contributed by atoms with Crippen molar-refractivity contribution in [3.05, 3.63) is 51.8 Å². The second-order valence-electron chi connectivity index (χ2n) is 4.26. The maximum Gasteiger partial charge on any atom is 0.417 e. The highest BCUT2D eigenvalue weighted by molar-refractivity contribution is 7.80. The molecule has 0 radical (unpaired) electrons. The first-order valence-electron chi connectivity index (χ1n) is 5.74. The van der Waals surface area contributed by atoms with Gasteiger partial charge in [0.05, 0.1) is 15.8 Å². The smallest absolute Gasteiger partial charge is 0.256 e. The summed E-state index contributed by atoms with van der Waals surface area (Å²) in [6, 6.07) is 7.22. The molecule has 21 heavy (non-hydrogen) atoms. The highest BCUT2D eigenvalue weighted by atomic mass is 32.1. The third-order valence-electron chi connectivity index (χ3n) is 2.87. The summed E-state index contributed by atoms with van der Waals surface area (Å²) in [6.07, 6.45) is -3.73. The average molecular weight is 328 g/mol. The summed E-state index contributed by atoms with van der Waals surface area (Å²) in [4.78, 5) is 16.2. The van der Waals surface area contributed by atoms with E-state index in [1.165, 1.54) is 10.6 Å². The molecule has 0 saturated carbocycles. The van der Waals surface area contributed by atoms with Crippen LogP contribution in [0, 0.1) is 0 Å². The van der Waals surface area contributed by atoms with Gasteiger partial charge in [-0.3, -0.25) is 9.36 Å². The number of hydrogen-bond donors (Lipinski definition) is 1. The van der Waals surface area contributed by atoms with E-state index in [1.807, 2.05) is 0 Å². The molecule has 0 aliphatic heterocycles. The SMILES string of the molecule is O=c1sc2cc(S)ccc2n1-c1ccc(C(F)(F)F)cn1. The number of nitrogens with zero attached hydrogens (tertiary/aromatic N) is 2. The lowest BCUT2D eigenvalue weighted by molar-refractivity contribution is -0.137. The number of aromatic nitrogens is 2. The minimum Gasteiger partial charge on any atom is -0.256 e. The Morgan fingerprint density at radius 1 is 1.19 bits per heavy atom. The Labute approximate surface area is 126 Å². The Hall–Kier alpha value is -1.80. The average Bonchev–Trinajstić information content (AvgIpc) is 2.73. The number of fused-ring (bicyclic) bond motifs is 1. The second-order valence-corrected chi connectivity index (χ2v) is 5.77. The fourth-order valence-corrected chi connectivity index (χ4v) is 3.12. The number of alkyl halides is 3. The van der Waals surface area contributed by atoms with Gasteiger partial charge in [0, 0.05) is 11.1 Å². The number of pyridine rings is 1. The Morgan fingerprint density at radius 3 is 2.57 bits per heavy atom. The van der Waals surface area contributed by atoms with Crippen LogP contribution >= 0.6 is 24.0 Å².